The molecule has 4 aromatic rings. The van der Waals surface area contributed by atoms with Crippen LogP contribution < -0.4 is 9.67 Å². The average Bonchev–Trinajstić information content (AvgIpc) is 3.00. The van der Waals surface area contributed by atoms with Crippen molar-refractivity contribution in [3.05, 3.63) is 77.0 Å². The van der Waals surface area contributed by atoms with Crippen LogP contribution in [0.15, 0.2) is 54.6 Å². The molecule has 0 N–H and O–H groups in total. The number of imidazole rings is 1. The first-order valence-electron chi connectivity index (χ1n) is 9.24. The van der Waals surface area contributed by atoms with Crippen LogP contribution in [0.5, 0.6) is 0 Å². The third-order valence-corrected chi connectivity index (χ3v) is 5.04. The van der Waals surface area contributed by atoms with Gasteiger partial charge in [-0.1, -0.05) is 59.9 Å². The number of aromatic carboxylic acids is 1. The van der Waals surface area contributed by atoms with Crippen LogP contribution in [0.3, 0.4) is 0 Å². The highest BCUT2D eigenvalue weighted by molar-refractivity contribution is 5.85. The molecule has 0 aliphatic carbocycles. The Morgan fingerprint density at radius 1 is 1.07 bits per heavy atom. The van der Waals surface area contributed by atoms with Crippen LogP contribution in [0.2, 0.25) is 0 Å². The zero-order chi connectivity index (χ0) is 19.0. The molecule has 0 atom stereocenters. The van der Waals surface area contributed by atoms with Gasteiger partial charge in [-0.05, 0) is 41.7 Å². The molecule has 0 spiro atoms. The van der Waals surface area contributed by atoms with Crippen molar-refractivity contribution in [3.8, 4) is 0 Å². The quantitative estimate of drug-likeness (QED) is 0.514. The van der Waals surface area contributed by atoms with Gasteiger partial charge in [0.05, 0.1) is 11.7 Å². The minimum Gasteiger partial charge on any atom is -0.545 e. The van der Waals surface area contributed by atoms with E-state index in [0.29, 0.717) is 6.54 Å². The monoisotopic (exact) mass is 359 g/mol. The second-order valence-electron chi connectivity index (χ2n) is 6.65. The number of fused-ring (bicyclic) bond motifs is 3. The molecular formula is C22H21N3O2. The van der Waals surface area contributed by atoms with Crippen molar-refractivity contribution in [1.29, 1.82) is 0 Å². The van der Waals surface area contributed by atoms with Gasteiger partial charge in [0, 0.05) is 6.07 Å². The highest BCUT2D eigenvalue weighted by Gasteiger charge is 2.22. The summed E-state index contributed by atoms with van der Waals surface area (Å²) in [4.78, 5) is 11.0. The van der Waals surface area contributed by atoms with Crippen LogP contribution in [0.25, 0.3) is 16.7 Å². The first-order valence-corrected chi connectivity index (χ1v) is 9.24. The summed E-state index contributed by atoms with van der Waals surface area (Å²) < 4.78 is 4.25. The van der Waals surface area contributed by atoms with Gasteiger partial charge in [0.2, 0.25) is 5.52 Å². The minimum atomic E-state index is -1.15. The zero-order valence-electron chi connectivity index (χ0n) is 15.5. The van der Waals surface area contributed by atoms with E-state index < -0.39 is 5.97 Å². The van der Waals surface area contributed by atoms with Crippen LogP contribution in [0.1, 0.15) is 41.0 Å². The van der Waals surface area contributed by atoms with E-state index in [4.69, 9.17) is 5.10 Å². The molecule has 0 unspecified atom stereocenters. The second-order valence-corrected chi connectivity index (χ2v) is 6.65. The number of aromatic nitrogens is 3. The second kappa shape index (κ2) is 6.83. The number of hydrogen-bond donors (Lipinski definition) is 0. The maximum Gasteiger partial charge on any atom is 0.308 e. The Hall–Kier alpha value is -3.21. The lowest BCUT2D eigenvalue weighted by Gasteiger charge is -2.05. The lowest BCUT2D eigenvalue weighted by molar-refractivity contribution is -0.636. The van der Waals surface area contributed by atoms with Gasteiger partial charge in [0.25, 0.3) is 0 Å². The predicted molar refractivity (Wildman–Crippen MR) is 102 cm³/mol. The van der Waals surface area contributed by atoms with Crippen molar-refractivity contribution in [2.45, 2.75) is 33.2 Å². The van der Waals surface area contributed by atoms with Gasteiger partial charge in [0.15, 0.2) is 5.52 Å². The fourth-order valence-electron chi connectivity index (χ4n) is 3.60. The van der Waals surface area contributed by atoms with E-state index in [1.165, 1.54) is 5.56 Å². The minimum absolute atomic E-state index is 0.192. The van der Waals surface area contributed by atoms with Gasteiger partial charge in [-0.25, -0.2) is 4.57 Å². The van der Waals surface area contributed by atoms with E-state index in [-0.39, 0.29) is 5.56 Å². The van der Waals surface area contributed by atoms with E-state index >= 15 is 0 Å². The number of hydrogen-bond acceptors (Lipinski definition) is 3. The number of aryl methyl sites for hydroxylation is 2. The SMILES string of the molecule is CCc1cc2n(nc1CC)c1ccccc1[n+]2Cc1ccc(C(=O)[O-])cc1. The Morgan fingerprint density at radius 3 is 2.48 bits per heavy atom. The molecule has 0 aliphatic rings. The highest BCUT2D eigenvalue weighted by Crippen LogP contribution is 2.18. The highest BCUT2D eigenvalue weighted by atomic mass is 16.4. The Kier molecular flexibility index (Phi) is 4.36. The van der Waals surface area contributed by atoms with Crippen LogP contribution >= 0.6 is 0 Å². The Bertz CT molecular complexity index is 1140. The van der Waals surface area contributed by atoms with Gasteiger partial charge >= 0.3 is 5.65 Å². The van der Waals surface area contributed by atoms with E-state index in [1.807, 2.05) is 28.8 Å². The normalized spacial score (nSPS) is 11.3. The van der Waals surface area contributed by atoms with Crippen LogP contribution in [-0.2, 0) is 19.4 Å². The Balaban J connectivity index is 1.90. The van der Waals surface area contributed by atoms with Crippen LogP contribution in [0, 0.1) is 0 Å². The Labute approximate surface area is 157 Å². The number of benzene rings is 2. The molecule has 0 aliphatic heterocycles. The number of carbonyl (C=O) groups excluding carboxylic acids is 1. The van der Waals surface area contributed by atoms with Crippen molar-refractivity contribution in [1.82, 2.24) is 9.61 Å². The molecule has 0 radical (unpaired) electrons. The standard InChI is InChI=1S/C22H21N3O2/c1-3-16-13-21-24(14-15-9-11-17(12-10-15)22(26)27)19-7-5-6-8-20(19)25(21)23-18(16)4-2/h5-13H,3-4,14H2,1-2H3. The van der Waals surface area contributed by atoms with Gasteiger partial charge in [-0.2, -0.15) is 0 Å². The summed E-state index contributed by atoms with van der Waals surface area (Å²) in [5.74, 6) is -1.15. The van der Waals surface area contributed by atoms with Crippen molar-refractivity contribution >= 4 is 22.6 Å². The molecule has 2 aromatic heterocycles. The van der Waals surface area contributed by atoms with Gasteiger partial charge in [0.1, 0.15) is 6.54 Å². The maximum atomic E-state index is 11.0. The first kappa shape index (κ1) is 17.2. The van der Waals surface area contributed by atoms with Gasteiger partial charge < -0.3 is 9.90 Å². The van der Waals surface area contributed by atoms with Crippen molar-refractivity contribution < 1.29 is 14.5 Å². The third-order valence-electron chi connectivity index (χ3n) is 5.04. The van der Waals surface area contributed by atoms with Crippen molar-refractivity contribution in [2.24, 2.45) is 0 Å². The number of carboxylic acid groups (broad SMARTS) is 1. The van der Waals surface area contributed by atoms with Gasteiger partial charge in [-0.15, -0.1) is 0 Å². The fourth-order valence-corrected chi connectivity index (χ4v) is 3.60. The van der Waals surface area contributed by atoms with Crippen LogP contribution in [0.4, 0.5) is 0 Å². The fraction of sp³-hybridized carbons (Fsp3) is 0.227. The molecule has 27 heavy (non-hydrogen) atoms. The number of para-hydroxylation sites is 2. The molecule has 5 nitrogen and oxygen atoms in total. The first-order chi connectivity index (χ1) is 13.1. The molecule has 0 saturated carbocycles. The average molecular weight is 359 g/mol. The molecular weight excluding hydrogens is 338 g/mol. The summed E-state index contributed by atoms with van der Waals surface area (Å²) in [6.07, 6.45) is 1.84. The maximum absolute atomic E-state index is 11.0. The summed E-state index contributed by atoms with van der Waals surface area (Å²) in [6, 6.07) is 17.3. The summed E-state index contributed by atoms with van der Waals surface area (Å²) in [5, 5.41) is 15.9. The van der Waals surface area contributed by atoms with Crippen molar-refractivity contribution in [2.75, 3.05) is 0 Å². The zero-order valence-corrected chi connectivity index (χ0v) is 15.5. The van der Waals surface area contributed by atoms with E-state index in [2.05, 4.69) is 36.6 Å². The molecule has 2 heterocycles. The van der Waals surface area contributed by atoms with Gasteiger partial charge in [-0.3, -0.25) is 0 Å². The molecule has 136 valence electrons. The molecule has 0 bridgehead atoms. The summed E-state index contributed by atoms with van der Waals surface area (Å²) in [5.41, 5.74) is 6.80. The number of carbonyl (C=O) groups is 1. The van der Waals surface area contributed by atoms with Crippen molar-refractivity contribution in [3.63, 3.8) is 0 Å². The predicted octanol–water partition coefficient (Wildman–Crippen LogP) is 2.31. The Morgan fingerprint density at radius 2 is 1.81 bits per heavy atom. The van der Waals surface area contributed by atoms with E-state index in [9.17, 15) is 9.90 Å². The van der Waals surface area contributed by atoms with Crippen LogP contribution in [-0.4, -0.2) is 15.6 Å². The molecule has 2 aromatic carbocycles. The lowest BCUT2D eigenvalue weighted by atomic mass is 10.1. The summed E-state index contributed by atoms with van der Waals surface area (Å²) in [6.45, 7) is 4.92. The number of carboxylic acids is 1. The molecule has 5 heteroatoms. The largest absolute Gasteiger partial charge is 0.545 e. The van der Waals surface area contributed by atoms with E-state index in [1.54, 1.807) is 12.1 Å². The molecule has 0 fully saturated rings. The smallest absolute Gasteiger partial charge is 0.308 e. The number of rotatable bonds is 5. The number of nitrogens with zero attached hydrogens (tertiary/aromatic N) is 3. The topological polar surface area (TPSA) is 61.3 Å². The molecule has 0 amide bonds. The molecule has 0 saturated heterocycles. The summed E-state index contributed by atoms with van der Waals surface area (Å²) >= 11 is 0. The third kappa shape index (κ3) is 2.95. The van der Waals surface area contributed by atoms with E-state index in [0.717, 1.165) is 40.8 Å². The lowest BCUT2D eigenvalue weighted by Crippen LogP contribution is -2.34. The summed E-state index contributed by atoms with van der Waals surface area (Å²) in [7, 11) is 0. The molecule has 4 rings (SSSR count).